The van der Waals surface area contributed by atoms with Crippen LogP contribution in [0.3, 0.4) is 0 Å². The van der Waals surface area contributed by atoms with E-state index >= 15 is 4.39 Å². The van der Waals surface area contributed by atoms with E-state index in [9.17, 15) is 53.5 Å². The maximum atomic E-state index is 15.5. The number of amides is 2. The number of halogens is 12. The molecule has 0 aliphatic carbocycles. The third kappa shape index (κ3) is 5.54. The number of hydrogen-bond acceptors (Lipinski definition) is 5. The Bertz CT molecular complexity index is 1700. The molecule has 0 unspecified atom stereocenters. The van der Waals surface area contributed by atoms with Crippen LogP contribution in [-0.2, 0) is 23.3 Å². The molecule has 0 saturated heterocycles. The highest BCUT2D eigenvalue weighted by Gasteiger charge is 2.73. The Labute approximate surface area is 245 Å². The number of carbonyl (C=O) groups is 2. The number of hydrogen-bond donors (Lipinski definition) is 1. The average molecular weight is 703 g/mol. The van der Waals surface area contributed by atoms with Crippen molar-refractivity contribution < 1.29 is 62.7 Å². The molecular weight excluding hydrogens is 693 g/mol. The molecular formula is C25H10BrF11N4O3. The predicted molar refractivity (Wildman–Crippen MR) is 129 cm³/mol. The van der Waals surface area contributed by atoms with Crippen molar-refractivity contribution in [3.05, 3.63) is 86.4 Å². The molecule has 1 aliphatic heterocycles. The fraction of sp³-hybridized carbons (Fsp3) is 0.200. The molecule has 0 radical (unpaired) electrons. The van der Waals surface area contributed by atoms with Crippen LogP contribution in [-0.4, -0.2) is 29.2 Å². The van der Waals surface area contributed by atoms with E-state index in [1.165, 1.54) is 12.1 Å². The van der Waals surface area contributed by atoms with Crippen LogP contribution in [0.1, 0.15) is 43.2 Å². The SMILES string of the molecule is N#Cc1ccc2c(n1)CON(c1cccc(C(=O)Nc3c(Br)cc(C(F)(C(F)(F)F)C(F)(F)F)cc3C(F)(F)F)c1F)C2=O. The van der Waals surface area contributed by atoms with Crippen LogP contribution in [0.15, 0.2) is 46.9 Å². The molecule has 0 saturated carbocycles. The molecule has 7 nitrogen and oxygen atoms in total. The Morgan fingerprint density at radius 2 is 1.64 bits per heavy atom. The second-order valence-electron chi connectivity index (χ2n) is 8.80. The van der Waals surface area contributed by atoms with Crippen LogP contribution < -0.4 is 10.4 Å². The molecule has 2 amide bonds. The number of fused-ring (bicyclic) bond motifs is 1. The predicted octanol–water partition coefficient (Wildman–Crippen LogP) is 7.51. The molecule has 1 aromatic heterocycles. The highest BCUT2D eigenvalue weighted by Crippen LogP contribution is 2.55. The Kier molecular flexibility index (Phi) is 8.15. The van der Waals surface area contributed by atoms with Crippen molar-refractivity contribution in [3.8, 4) is 6.07 Å². The molecule has 1 aliphatic rings. The van der Waals surface area contributed by atoms with Gasteiger partial charge >= 0.3 is 24.2 Å². The first-order valence-electron chi connectivity index (χ1n) is 11.4. The third-order valence-corrected chi connectivity index (χ3v) is 6.71. The van der Waals surface area contributed by atoms with Crippen molar-refractivity contribution in [1.82, 2.24) is 4.98 Å². The van der Waals surface area contributed by atoms with Gasteiger partial charge in [0.25, 0.3) is 11.8 Å². The lowest BCUT2D eigenvalue weighted by atomic mass is 9.92. The van der Waals surface area contributed by atoms with Gasteiger partial charge in [-0.25, -0.2) is 13.8 Å². The normalized spacial score (nSPS) is 14.2. The quantitative estimate of drug-likeness (QED) is 0.284. The van der Waals surface area contributed by atoms with Gasteiger partial charge in [0.1, 0.15) is 24.1 Å². The fourth-order valence-corrected chi connectivity index (χ4v) is 4.58. The zero-order chi connectivity index (χ0) is 33.0. The van der Waals surface area contributed by atoms with Crippen molar-refractivity contribution in [1.29, 1.82) is 5.26 Å². The number of hydroxylamine groups is 1. The molecule has 3 aromatic rings. The van der Waals surface area contributed by atoms with Gasteiger partial charge in [-0.15, -0.1) is 0 Å². The topological polar surface area (TPSA) is 95.3 Å². The summed E-state index contributed by atoms with van der Waals surface area (Å²) in [5.41, 5.74) is -14.5. The van der Waals surface area contributed by atoms with E-state index in [4.69, 9.17) is 10.1 Å². The first-order chi connectivity index (χ1) is 20.2. The smallest absolute Gasteiger partial charge is 0.320 e. The summed E-state index contributed by atoms with van der Waals surface area (Å²) in [6.07, 6.45) is -19.3. The highest BCUT2D eigenvalue weighted by molar-refractivity contribution is 9.10. The highest BCUT2D eigenvalue weighted by atomic mass is 79.9. The first kappa shape index (κ1) is 32.6. The van der Waals surface area contributed by atoms with Gasteiger partial charge in [-0.1, -0.05) is 6.07 Å². The van der Waals surface area contributed by atoms with E-state index in [1.54, 1.807) is 11.4 Å². The van der Waals surface area contributed by atoms with Crippen LogP contribution in [0, 0.1) is 17.1 Å². The molecule has 232 valence electrons. The van der Waals surface area contributed by atoms with Crippen molar-refractivity contribution in [2.45, 2.75) is 30.8 Å². The van der Waals surface area contributed by atoms with Gasteiger partial charge < -0.3 is 5.32 Å². The Morgan fingerprint density at radius 3 is 2.20 bits per heavy atom. The van der Waals surface area contributed by atoms with Crippen molar-refractivity contribution in [2.24, 2.45) is 0 Å². The summed E-state index contributed by atoms with van der Waals surface area (Å²) in [6.45, 7) is -0.452. The summed E-state index contributed by atoms with van der Waals surface area (Å²) < 4.78 is 149. The van der Waals surface area contributed by atoms with E-state index in [1.807, 2.05) is 0 Å². The van der Waals surface area contributed by atoms with E-state index in [-0.39, 0.29) is 23.0 Å². The van der Waals surface area contributed by atoms with Gasteiger partial charge in [0.2, 0.25) is 0 Å². The fourth-order valence-electron chi connectivity index (χ4n) is 4.02. The molecule has 1 N–H and O–H groups in total. The Hall–Kier alpha value is -4.31. The zero-order valence-electron chi connectivity index (χ0n) is 20.9. The van der Waals surface area contributed by atoms with E-state index < -0.39 is 87.0 Å². The summed E-state index contributed by atoms with van der Waals surface area (Å²) in [5.74, 6) is -4.25. The van der Waals surface area contributed by atoms with Gasteiger partial charge in [0.15, 0.2) is 5.82 Å². The second-order valence-corrected chi connectivity index (χ2v) is 9.66. The molecule has 2 aromatic carbocycles. The zero-order valence-corrected chi connectivity index (χ0v) is 22.4. The maximum Gasteiger partial charge on any atom is 0.435 e. The number of nitriles is 1. The Morgan fingerprint density at radius 1 is 1.00 bits per heavy atom. The number of pyridine rings is 1. The molecule has 0 bridgehead atoms. The molecule has 0 spiro atoms. The van der Waals surface area contributed by atoms with Crippen molar-refractivity contribution in [2.75, 3.05) is 10.4 Å². The third-order valence-electron chi connectivity index (χ3n) is 6.09. The molecule has 4 rings (SSSR count). The average Bonchev–Trinajstić information content (AvgIpc) is 2.92. The van der Waals surface area contributed by atoms with Gasteiger partial charge in [-0.05, 0) is 52.3 Å². The van der Waals surface area contributed by atoms with Crippen LogP contribution in [0.5, 0.6) is 0 Å². The lowest BCUT2D eigenvalue weighted by Crippen LogP contribution is -2.50. The largest absolute Gasteiger partial charge is 0.435 e. The van der Waals surface area contributed by atoms with Gasteiger partial charge in [0.05, 0.1) is 28.1 Å². The van der Waals surface area contributed by atoms with Crippen LogP contribution in [0.4, 0.5) is 59.7 Å². The minimum Gasteiger partial charge on any atom is -0.320 e. The van der Waals surface area contributed by atoms with Crippen molar-refractivity contribution in [3.63, 3.8) is 0 Å². The van der Waals surface area contributed by atoms with Crippen molar-refractivity contribution >= 4 is 39.1 Å². The van der Waals surface area contributed by atoms with Gasteiger partial charge in [0, 0.05) is 10.0 Å². The minimum atomic E-state index is -6.75. The van der Waals surface area contributed by atoms with Crippen LogP contribution in [0.2, 0.25) is 0 Å². The Balaban J connectivity index is 1.74. The first-order valence-corrected chi connectivity index (χ1v) is 12.2. The minimum absolute atomic E-state index is 0.0147. The number of carbonyl (C=O) groups excluding carboxylic acids is 2. The molecule has 0 fully saturated rings. The summed E-state index contributed by atoms with van der Waals surface area (Å²) in [7, 11) is 0. The van der Waals surface area contributed by atoms with Crippen LogP contribution in [0.25, 0.3) is 0 Å². The monoisotopic (exact) mass is 702 g/mol. The summed E-state index contributed by atoms with van der Waals surface area (Å²) in [5, 5.41) is 10.9. The van der Waals surface area contributed by atoms with Gasteiger partial charge in [-0.3, -0.25) is 14.4 Å². The maximum absolute atomic E-state index is 15.5. The van der Waals surface area contributed by atoms with E-state index in [2.05, 4.69) is 20.9 Å². The molecule has 44 heavy (non-hydrogen) atoms. The number of benzene rings is 2. The number of nitrogens with one attached hydrogen (secondary N) is 1. The lowest BCUT2D eigenvalue weighted by molar-refractivity contribution is -0.348. The standard InChI is InChI=1S/C25H10BrF11N4O3/c26-15-7-10(22(28,24(32,33)34)25(35,36)37)6-14(23(29,30)31)19(15)40-20(42)13-2-1-3-17(18(13)27)41-21(43)12-5-4-11(8-38)39-16(12)9-44-41/h1-7H,9H2,(H,40,42). The summed E-state index contributed by atoms with van der Waals surface area (Å²) in [4.78, 5) is 34.8. The molecule has 0 atom stereocenters. The number of aromatic nitrogens is 1. The van der Waals surface area contributed by atoms with E-state index in [0.29, 0.717) is 5.06 Å². The van der Waals surface area contributed by atoms with E-state index in [0.717, 1.165) is 18.2 Å². The number of rotatable bonds is 4. The molecule has 2 heterocycles. The lowest BCUT2D eigenvalue weighted by Gasteiger charge is -2.31. The number of anilines is 2. The molecule has 19 heteroatoms. The summed E-state index contributed by atoms with van der Waals surface area (Å²) >= 11 is 2.34. The van der Waals surface area contributed by atoms with Crippen LogP contribution >= 0.6 is 15.9 Å². The number of nitrogens with zero attached hydrogens (tertiary/aromatic N) is 3. The second kappa shape index (κ2) is 11.0. The van der Waals surface area contributed by atoms with Gasteiger partial charge in [-0.2, -0.15) is 49.8 Å². The number of alkyl halides is 10. The summed E-state index contributed by atoms with van der Waals surface area (Å²) in [6, 6.07) is 5.71.